The van der Waals surface area contributed by atoms with Crippen LogP contribution in [-0.2, 0) is 12.3 Å². The second-order valence-corrected chi connectivity index (χ2v) is 27.9. The largest absolute Gasteiger partial charge is 0.118 e. The highest BCUT2D eigenvalue weighted by Crippen LogP contribution is 2.59. The minimum atomic E-state index is -2.12. The smallest absolute Gasteiger partial charge is 0.0654 e. The molecular weight excluding hydrogens is 787 g/mol. The molecule has 0 nitrogen and oxygen atoms in total. The summed E-state index contributed by atoms with van der Waals surface area (Å²) < 4.78 is 0. The van der Waals surface area contributed by atoms with E-state index in [1.807, 2.05) is 0 Å². The third-order valence-corrected chi connectivity index (χ3v) is 27.0. The van der Waals surface area contributed by atoms with Gasteiger partial charge in [-0.2, -0.15) is 0 Å². The number of hydrogen-bond acceptors (Lipinski definition) is 0. The maximum atomic E-state index is 2.56. The molecule has 61 heavy (non-hydrogen) atoms. The van der Waals surface area contributed by atoms with Crippen LogP contribution in [0.3, 0.4) is 0 Å². The van der Waals surface area contributed by atoms with Gasteiger partial charge in [-0.25, -0.2) is 0 Å². The molecular formula is C58H60P2Si+2. The van der Waals surface area contributed by atoms with Crippen LogP contribution in [0.25, 0.3) is 0 Å². The average molecular weight is 847 g/mol. The van der Waals surface area contributed by atoms with Crippen LogP contribution in [0.15, 0.2) is 231 Å². The normalized spacial score (nSPS) is 12.0. The molecule has 0 aliphatic rings. The van der Waals surface area contributed by atoms with E-state index in [9.17, 15) is 0 Å². The summed E-state index contributed by atoms with van der Waals surface area (Å²) in [7, 11) is -6.12. The van der Waals surface area contributed by atoms with E-state index in [1.165, 1.54) is 80.7 Å². The lowest BCUT2D eigenvalue weighted by molar-refractivity contribution is 0.838. The molecule has 3 heteroatoms. The summed E-state index contributed by atoms with van der Waals surface area (Å²) in [5, 5.41) is 11.8. The molecule has 8 aromatic rings. The highest BCUT2D eigenvalue weighted by molar-refractivity contribution is 7.95. The third kappa shape index (κ3) is 8.94. The van der Waals surface area contributed by atoms with Crippen molar-refractivity contribution in [2.75, 3.05) is 0 Å². The van der Waals surface area contributed by atoms with Crippen molar-refractivity contribution in [2.24, 2.45) is 0 Å². The molecule has 0 unspecified atom stereocenters. The van der Waals surface area contributed by atoms with Gasteiger partial charge in [0.1, 0.15) is 54.4 Å². The molecule has 0 radical (unpaired) electrons. The third-order valence-electron chi connectivity index (χ3n) is 12.9. The van der Waals surface area contributed by atoms with Gasteiger partial charge in [-0.05, 0) is 96.0 Å². The number of unbranched alkanes of at least 4 members (excludes halogenated alkanes) is 2. The lowest BCUT2D eigenvalue weighted by Gasteiger charge is -2.34. The van der Waals surface area contributed by atoms with Gasteiger partial charge >= 0.3 is 0 Å². The van der Waals surface area contributed by atoms with Crippen LogP contribution in [0, 0.1) is 0 Å². The van der Waals surface area contributed by atoms with Gasteiger partial charge < -0.3 is 0 Å². The predicted molar refractivity (Wildman–Crippen MR) is 275 cm³/mol. The van der Waals surface area contributed by atoms with E-state index in [4.69, 9.17) is 0 Å². The molecule has 0 bridgehead atoms. The molecule has 0 saturated heterocycles. The van der Waals surface area contributed by atoms with Gasteiger partial charge in [-0.1, -0.05) is 208 Å². The highest BCUT2D eigenvalue weighted by Gasteiger charge is 2.47. The van der Waals surface area contributed by atoms with Crippen molar-refractivity contribution >= 4 is 64.8 Å². The second kappa shape index (κ2) is 20.1. The van der Waals surface area contributed by atoms with E-state index in [-0.39, 0.29) is 0 Å². The lowest BCUT2D eigenvalue weighted by atomic mass is 10.2. The van der Waals surface area contributed by atoms with Crippen LogP contribution in [-0.4, -0.2) is 8.07 Å². The summed E-state index contributed by atoms with van der Waals surface area (Å²) in [5.74, 6) is 0. The molecule has 0 aromatic heterocycles. The van der Waals surface area contributed by atoms with Gasteiger partial charge in [0, 0.05) is 0 Å². The maximum Gasteiger partial charge on any atom is 0.118 e. The fourth-order valence-corrected chi connectivity index (χ4v) is 23.5. The monoisotopic (exact) mass is 846 g/mol. The molecule has 0 fully saturated rings. The van der Waals surface area contributed by atoms with Gasteiger partial charge in [-0.3, -0.25) is 0 Å². The van der Waals surface area contributed by atoms with E-state index in [1.54, 1.807) is 10.4 Å². The summed E-state index contributed by atoms with van der Waals surface area (Å²) in [4.78, 5) is 0. The molecule has 0 aliphatic heterocycles. The zero-order valence-electron chi connectivity index (χ0n) is 36.0. The summed E-state index contributed by atoms with van der Waals surface area (Å²) in [6, 6.07) is 90.8. The van der Waals surface area contributed by atoms with Gasteiger partial charge in [0.25, 0.3) is 0 Å². The summed E-state index contributed by atoms with van der Waals surface area (Å²) in [6.07, 6.45) is 6.94. The Morgan fingerprint density at radius 2 is 0.525 bits per heavy atom. The zero-order chi connectivity index (χ0) is 41.8. The van der Waals surface area contributed by atoms with Crippen molar-refractivity contribution in [3.05, 3.63) is 242 Å². The van der Waals surface area contributed by atoms with Crippen molar-refractivity contribution in [1.82, 2.24) is 0 Å². The first kappa shape index (κ1) is 42.5. The summed E-state index contributed by atoms with van der Waals surface area (Å²) in [5.41, 5.74) is 2.84. The van der Waals surface area contributed by atoms with Crippen molar-refractivity contribution in [1.29, 1.82) is 0 Å². The highest BCUT2D eigenvalue weighted by atomic mass is 31.2. The van der Waals surface area contributed by atoms with Crippen molar-refractivity contribution < 1.29 is 0 Å². The molecule has 0 amide bonds. The van der Waals surface area contributed by atoms with E-state index < -0.39 is 22.6 Å². The molecule has 0 atom stereocenters. The maximum absolute atomic E-state index is 2.56. The molecule has 0 aliphatic carbocycles. The molecule has 0 spiro atoms. The number of rotatable bonds is 18. The van der Waals surface area contributed by atoms with Crippen molar-refractivity contribution in [3.63, 3.8) is 0 Å². The van der Waals surface area contributed by atoms with Gasteiger partial charge in [0.2, 0.25) is 0 Å². The molecule has 0 heterocycles. The number of benzene rings is 8. The van der Waals surface area contributed by atoms with Crippen LogP contribution in [0.4, 0.5) is 0 Å². The minimum Gasteiger partial charge on any atom is -0.0654 e. The fraction of sp³-hybridized carbons (Fsp3) is 0.172. The van der Waals surface area contributed by atoms with Crippen molar-refractivity contribution in [3.8, 4) is 0 Å². The fourth-order valence-electron chi connectivity index (χ4n) is 9.77. The van der Waals surface area contributed by atoms with Gasteiger partial charge in [0.05, 0.1) is 12.3 Å². The van der Waals surface area contributed by atoms with Crippen LogP contribution < -0.4 is 42.2 Å². The number of hydrogen-bond donors (Lipinski definition) is 0. The predicted octanol–water partition coefficient (Wildman–Crippen LogP) is 11.8. The van der Waals surface area contributed by atoms with Crippen LogP contribution >= 0.6 is 14.5 Å². The second-order valence-electron chi connectivity index (χ2n) is 16.6. The molecule has 8 rings (SSSR count). The lowest BCUT2D eigenvalue weighted by Crippen LogP contribution is -2.58. The Morgan fingerprint density at radius 3 is 0.738 bits per heavy atom. The van der Waals surface area contributed by atoms with E-state index in [2.05, 4.69) is 244 Å². The molecule has 0 N–H and O–H groups in total. The Balaban J connectivity index is 1.20. The summed E-state index contributed by atoms with van der Waals surface area (Å²) in [6.45, 7) is 4.73. The quantitative estimate of drug-likeness (QED) is 0.0596. The molecule has 8 aromatic carbocycles. The van der Waals surface area contributed by atoms with E-state index in [0.717, 1.165) is 12.3 Å². The van der Waals surface area contributed by atoms with Crippen molar-refractivity contribution in [2.45, 2.75) is 63.9 Å². The first-order valence-electron chi connectivity index (χ1n) is 22.4. The standard InChI is InChI=1S/C58H60P2Si/c1-3-5-45-61(46-6-4-2,57-41-37-49(38-42-57)47-59(51-25-13-7-14-26-51,52-27-15-8-16-28-52)53-29-17-9-18-30-53)58-43-39-50(40-44-58)48-60(54-31-19-10-20-32-54,55-33-21-11-22-34-55)56-35-23-12-24-36-56/h7-44H,3-6,45-48H2,1-2H3/q+2. The zero-order valence-corrected chi connectivity index (χ0v) is 38.8. The van der Waals surface area contributed by atoms with Crippen LogP contribution in [0.1, 0.15) is 50.7 Å². The van der Waals surface area contributed by atoms with Crippen LogP contribution in [0.2, 0.25) is 12.1 Å². The Labute approximate surface area is 368 Å². The Hall–Kier alpha value is -5.16. The SMILES string of the molecule is CCCC[Si](CCCC)(c1ccc(C[P+](c2ccccc2)(c2ccccc2)c2ccccc2)cc1)c1ccc(C[P+](c2ccccc2)(c2ccccc2)c2ccccc2)cc1. The Kier molecular flexibility index (Phi) is 14.0. The van der Waals surface area contributed by atoms with Crippen LogP contribution in [0.5, 0.6) is 0 Å². The topological polar surface area (TPSA) is 0 Å². The summed E-state index contributed by atoms with van der Waals surface area (Å²) >= 11 is 0. The Morgan fingerprint density at radius 1 is 0.295 bits per heavy atom. The molecule has 0 saturated carbocycles. The van der Waals surface area contributed by atoms with Gasteiger partial charge in [-0.15, -0.1) is 0 Å². The van der Waals surface area contributed by atoms with E-state index >= 15 is 0 Å². The van der Waals surface area contributed by atoms with Gasteiger partial charge in [0.15, 0.2) is 0 Å². The Bertz CT molecular complexity index is 2130. The first-order valence-corrected chi connectivity index (χ1v) is 28.8. The molecule has 304 valence electrons. The van der Waals surface area contributed by atoms with E-state index in [0.29, 0.717) is 0 Å². The average Bonchev–Trinajstić information content (AvgIpc) is 3.35. The minimum absolute atomic E-state index is 0.994. The first-order chi connectivity index (χ1) is 30.1.